The van der Waals surface area contributed by atoms with Crippen LogP contribution in [0.3, 0.4) is 0 Å². The number of hydrogen-bond donors (Lipinski definition) is 0. The fourth-order valence-electron chi connectivity index (χ4n) is 9.52. The molecule has 10 nitrogen and oxygen atoms in total. The number of benzene rings is 9. The summed E-state index contributed by atoms with van der Waals surface area (Å²) in [7, 11) is 0. The lowest BCUT2D eigenvalue weighted by Gasteiger charge is -2.17. The summed E-state index contributed by atoms with van der Waals surface area (Å²) in [5.74, 6) is 1.96. The van der Waals surface area contributed by atoms with E-state index in [2.05, 4.69) is 68.9 Å². The third-order valence-corrected chi connectivity index (χ3v) is 13.1. The van der Waals surface area contributed by atoms with Gasteiger partial charge >= 0.3 is 0 Å². The van der Waals surface area contributed by atoms with Gasteiger partial charge in [0.15, 0.2) is 34.7 Å². The summed E-state index contributed by atoms with van der Waals surface area (Å²) in [6, 6.07) is 75.2. The molecule has 0 atom stereocenters. The molecule has 10 heteroatoms. The molecule has 3 aromatic heterocycles. The van der Waals surface area contributed by atoms with Crippen LogP contribution in [0, 0.1) is 35.8 Å². The van der Waals surface area contributed by atoms with Crippen molar-refractivity contribution in [3.05, 3.63) is 252 Å². The van der Waals surface area contributed by atoms with E-state index < -0.39 is 0 Å². The summed E-state index contributed by atoms with van der Waals surface area (Å²) in [4.78, 5) is 33.4. The molecule has 12 rings (SSSR count). The van der Waals surface area contributed by atoms with E-state index in [1.54, 1.807) is 36.4 Å². The molecule has 0 aliphatic carbocycles. The maximum atomic E-state index is 10.0. The van der Waals surface area contributed by atoms with Gasteiger partial charge in [-0.25, -0.2) is 34.6 Å². The van der Waals surface area contributed by atoms with Crippen LogP contribution in [0.25, 0.3) is 128 Å². The molecule has 0 fully saturated rings. The number of fused-ring (bicyclic) bond motifs is 3. The number of nitriles is 2. The van der Waals surface area contributed by atoms with Crippen molar-refractivity contribution in [1.82, 2.24) is 29.5 Å². The van der Waals surface area contributed by atoms with Crippen molar-refractivity contribution in [3.63, 3.8) is 0 Å². The molecule has 0 saturated carbocycles. The first kappa shape index (κ1) is 45.0. The Kier molecular flexibility index (Phi) is 11.5. The molecule has 0 bridgehead atoms. The Balaban J connectivity index is 1.19. The lowest BCUT2D eigenvalue weighted by atomic mass is 9.99. The SMILES string of the molecule is [C-]#[N+]c1cc(C#N)cc(-c2ccc3c4ccc(-c5cc(C#N)cc([N+]#[C-])c5)cc4n(-c4ccc(-c5cc(-c6ccccc6)nc(-c6ccccc6)n5)cc4-c4nc(-c5ccccc5)nc(-c5ccccc5)n4)c3c2)c1. The van der Waals surface area contributed by atoms with Crippen molar-refractivity contribution >= 4 is 33.2 Å². The Bertz CT molecular complexity index is 4080. The summed E-state index contributed by atoms with van der Waals surface area (Å²) in [5.41, 5.74) is 13.3. The second kappa shape index (κ2) is 19.2. The zero-order valence-corrected chi connectivity index (χ0v) is 39.8. The van der Waals surface area contributed by atoms with E-state index in [1.165, 1.54) is 0 Å². The number of nitrogens with zero attached hydrogens (tertiary/aromatic N) is 10. The van der Waals surface area contributed by atoms with E-state index in [4.69, 9.17) is 38.1 Å². The highest BCUT2D eigenvalue weighted by molar-refractivity contribution is 6.12. The Hall–Kier alpha value is -11.2. The normalized spacial score (nSPS) is 10.9. The topological polar surface area (TPSA) is 126 Å². The van der Waals surface area contributed by atoms with Crippen molar-refractivity contribution < 1.29 is 0 Å². The van der Waals surface area contributed by atoms with Crippen LogP contribution in [0.4, 0.5) is 11.4 Å². The first-order chi connectivity index (χ1) is 36.9. The zero-order chi connectivity index (χ0) is 50.8. The standard InChI is InChI=1S/C65H36N10/c1-68-52-31-41(39-66)29-50(33-52)47-23-26-54-55-27-24-48(51-30-42(40-67)32-53(34-51)69-2)37-61(55)75(60(54)36-47)59-28-25-49(58-38-57(43-15-7-3-8-16-43)70-62(71-58)44-17-9-4-10-18-44)35-56(59)65-73-63(45-19-11-5-12-20-45)72-64(74-65)46-21-13-6-14-22-46/h3-38H. The van der Waals surface area contributed by atoms with Gasteiger partial charge in [-0.05, 0) is 89.0 Å². The lowest BCUT2D eigenvalue weighted by molar-refractivity contribution is 1.06. The van der Waals surface area contributed by atoms with Crippen LogP contribution in [0.5, 0.6) is 0 Å². The molecule has 75 heavy (non-hydrogen) atoms. The van der Waals surface area contributed by atoms with Gasteiger partial charge < -0.3 is 4.57 Å². The second-order valence-corrected chi connectivity index (χ2v) is 17.7. The first-order valence-corrected chi connectivity index (χ1v) is 23.9. The van der Waals surface area contributed by atoms with Crippen molar-refractivity contribution in [2.75, 3.05) is 0 Å². The molecule has 0 amide bonds. The number of rotatable bonds is 9. The predicted octanol–water partition coefficient (Wildman–Crippen LogP) is 15.9. The third-order valence-electron chi connectivity index (χ3n) is 13.1. The quantitative estimate of drug-likeness (QED) is 0.132. The largest absolute Gasteiger partial charge is 0.308 e. The van der Waals surface area contributed by atoms with E-state index in [0.717, 1.165) is 83.3 Å². The minimum atomic E-state index is 0.361. The monoisotopic (exact) mass is 956 g/mol. The van der Waals surface area contributed by atoms with Crippen LogP contribution in [0.1, 0.15) is 11.1 Å². The fourth-order valence-corrected chi connectivity index (χ4v) is 9.52. The molecular formula is C65H36N10. The predicted molar refractivity (Wildman–Crippen MR) is 295 cm³/mol. The Morgan fingerprint density at radius 2 is 0.760 bits per heavy atom. The smallest absolute Gasteiger partial charge is 0.189 e. The maximum absolute atomic E-state index is 10.0. The molecular weight excluding hydrogens is 921 g/mol. The molecule has 0 saturated heterocycles. The molecule has 0 aliphatic rings. The third kappa shape index (κ3) is 8.66. The molecule has 0 radical (unpaired) electrons. The minimum Gasteiger partial charge on any atom is -0.308 e. The highest BCUT2D eigenvalue weighted by Gasteiger charge is 2.23. The van der Waals surface area contributed by atoms with Gasteiger partial charge in [-0.2, -0.15) is 10.5 Å². The summed E-state index contributed by atoms with van der Waals surface area (Å²) >= 11 is 0. The molecule has 0 spiro atoms. The van der Waals surface area contributed by atoms with E-state index in [9.17, 15) is 10.5 Å². The van der Waals surface area contributed by atoms with Gasteiger partial charge in [0.25, 0.3) is 0 Å². The van der Waals surface area contributed by atoms with Crippen LogP contribution in [0.2, 0.25) is 0 Å². The van der Waals surface area contributed by atoms with Gasteiger partial charge in [-0.1, -0.05) is 152 Å². The number of aromatic nitrogens is 6. The van der Waals surface area contributed by atoms with Gasteiger partial charge in [-0.3, -0.25) is 0 Å². The molecule has 0 aliphatic heterocycles. The van der Waals surface area contributed by atoms with E-state index in [-0.39, 0.29) is 0 Å². The Labute approximate surface area is 431 Å². The summed E-state index contributed by atoms with van der Waals surface area (Å²) in [5, 5.41) is 21.9. The molecule has 9 aromatic carbocycles. The molecule has 0 unspecified atom stereocenters. The maximum Gasteiger partial charge on any atom is 0.189 e. The summed E-state index contributed by atoms with van der Waals surface area (Å²) < 4.78 is 2.20. The van der Waals surface area contributed by atoms with Gasteiger partial charge in [0, 0.05) is 55.3 Å². The van der Waals surface area contributed by atoms with E-state index >= 15 is 0 Å². The van der Waals surface area contributed by atoms with Crippen LogP contribution in [0.15, 0.2) is 218 Å². The van der Waals surface area contributed by atoms with Gasteiger partial charge in [-0.15, -0.1) is 0 Å². The van der Waals surface area contributed by atoms with E-state index in [0.29, 0.717) is 57.1 Å². The Morgan fingerprint density at radius 3 is 1.21 bits per heavy atom. The average molecular weight is 957 g/mol. The van der Waals surface area contributed by atoms with Crippen LogP contribution < -0.4 is 0 Å². The minimum absolute atomic E-state index is 0.361. The highest BCUT2D eigenvalue weighted by Crippen LogP contribution is 2.42. The van der Waals surface area contributed by atoms with Crippen LogP contribution >= 0.6 is 0 Å². The highest BCUT2D eigenvalue weighted by atomic mass is 15.1. The second-order valence-electron chi connectivity index (χ2n) is 17.7. The van der Waals surface area contributed by atoms with Gasteiger partial charge in [0.1, 0.15) is 0 Å². The molecule has 346 valence electrons. The summed E-state index contributed by atoms with van der Waals surface area (Å²) in [6.45, 7) is 15.7. The van der Waals surface area contributed by atoms with Crippen LogP contribution in [-0.2, 0) is 0 Å². The molecule has 3 heterocycles. The fraction of sp³-hybridized carbons (Fsp3) is 0. The lowest BCUT2D eigenvalue weighted by Crippen LogP contribution is -2.04. The van der Waals surface area contributed by atoms with Crippen molar-refractivity contribution in [2.24, 2.45) is 0 Å². The van der Waals surface area contributed by atoms with Crippen molar-refractivity contribution in [3.8, 4) is 108 Å². The molecule has 0 N–H and O–H groups in total. The summed E-state index contributed by atoms with van der Waals surface area (Å²) in [6.07, 6.45) is 0. The van der Waals surface area contributed by atoms with Crippen molar-refractivity contribution in [1.29, 1.82) is 10.5 Å². The number of hydrogen-bond acceptors (Lipinski definition) is 7. The van der Waals surface area contributed by atoms with Crippen LogP contribution in [-0.4, -0.2) is 29.5 Å². The Morgan fingerprint density at radius 1 is 0.347 bits per heavy atom. The van der Waals surface area contributed by atoms with Gasteiger partial charge in [0.2, 0.25) is 0 Å². The van der Waals surface area contributed by atoms with E-state index in [1.807, 2.05) is 140 Å². The van der Waals surface area contributed by atoms with Crippen molar-refractivity contribution in [2.45, 2.75) is 0 Å². The molecule has 12 aromatic rings. The zero-order valence-electron chi connectivity index (χ0n) is 39.8. The average Bonchev–Trinajstić information content (AvgIpc) is 3.82. The van der Waals surface area contributed by atoms with Gasteiger partial charge in [0.05, 0.1) is 53.4 Å². The first-order valence-electron chi connectivity index (χ1n) is 23.9.